The topological polar surface area (TPSA) is 92.5 Å². The van der Waals surface area contributed by atoms with Crippen LogP contribution in [0.25, 0.3) is 0 Å². The quantitative estimate of drug-likeness (QED) is 0.409. The van der Waals surface area contributed by atoms with Gasteiger partial charge in [0.05, 0.1) is 0 Å². The number of rotatable bonds is 14. The smallest absolute Gasteiger partial charge is 0.243 e. The van der Waals surface area contributed by atoms with Gasteiger partial charge >= 0.3 is 0 Å². The molecule has 0 aromatic heterocycles. The first-order valence-corrected chi connectivity index (χ1v) is 12.3. The molecule has 6 nitrogen and oxygen atoms in total. The molecule has 2 aromatic carbocycles. The van der Waals surface area contributed by atoms with Crippen LogP contribution < -0.4 is 11.1 Å². The van der Waals surface area contributed by atoms with Crippen molar-refractivity contribution < 1.29 is 14.4 Å². The van der Waals surface area contributed by atoms with E-state index in [4.69, 9.17) is 5.73 Å². The molecule has 2 rings (SSSR count). The van der Waals surface area contributed by atoms with Gasteiger partial charge in [-0.2, -0.15) is 0 Å². The number of nitrogens with two attached hydrogens (primary N) is 1. The van der Waals surface area contributed by atoms with E-state index in [1.165, 1.54) is 0 Å². The van der Waals surface area contributed by atoms with E-state index in [1.807, 2.05) is 74.5 Å². The zero-order chi connectivity index (χ0) is 24.9. The standard InChI is InChI=1S/C28H39N3O3/c1-4-5-8-17-26(32)31(20-23-15-11-7-12-16-23)25(18-21(2)3)28(34)30-24(27(29)33)19-22-13-9-6-10-14-22/h6-7,9-16,21,24-25H,4-5,8,17-20H2,1-3H3,(H2,29,33)(H,30,34)/t24-,25-/m0/s1. The normalized spacial score (nSPS) is 12.7. The average molecular weight is 466 g/mol. The molecule has 0 saturated heterocycles. The molecule has 0 bridgehead atoms. The van der Waals surface area contributed by atoms with Crippen LogP contribution in [0.4, 0.5) is 0 Å². The zero-order valence-corrected chi connectivity index (χ0v) is 20.7. The Balaban J connectivity index is 2.28. The van der Waals surface area contributed by atoms with E-state index in [9.17, 15) is 14.4 Å². The molecule has 0 aliphatic heterocycles. The van der Waals surface area contributed by atoms with E-state index in [2.05, 4.69) is 12.2 Å². The third kappa shape index (κ3) is 9.00. The maximum atomic E-state index is 13.5. The fourth-order valence-corrected chi connectivity index (χ4v) is 3.98. The second-order valence-electron chi connectivity index (χ2n) is 9.26. The van der Waals surface area contributed by atoms with Crippen molar-refractivity contribution >= 4 is 17.7 Å². The number of carbonyl (C=O) groups excluding carboxylic acids is 3. The van der Waals surface area contributed by atoms with Gasteiger partial charge in [-0.15, -0.1) is 0 Å². The number of nitrogens with zero attached hydrogens (tertiary/aromatic N) is 1. The Bertz CT molecular complexity index is 900. The van der Waals surface area contributed by atoms with Crippen molar-refractivity contribution in [3.63, 3.8) is 0 Å². The third-order valence-corrected chi connectivity index (χ3v) is 5.83. The fourth-order valence-electron chi connectivity index (χ4n) is 3.98. The number of hydrogen-bond donors (Lipinski definition) is 2. The Morgan fingerprint density at radius 2 is 1.50 bits per heavy atom. The molecule has 34 heavy (non-hydrogen) atoms. The number of benzene rings is 2. The Morgan fingerprint density at radius 3 is 2.03 bits per heavy atom. The maximum Gasteiger partial charge on any atom is 0.243 e. The van der Waals surface area contributed by atoms with Gasteiger partial charge in [0.15, 0.2) is 0 Å². The molecule has 184 valence electrons. The van der Waals surface area contributed by atoms with Crippen LogP contribution in [0.3, 0.4) is 0 Å². The van der Waals surface area contributed by atoms with E-state index in [0.29, 0.717) is 25.8 Å². The highest BCUT2D eigenvalue weighted by Crippen LogP contribution is 2.19. The van der Waals surface area contributed by atoms with Crippen molar-refractivity contribution in [3.8, 4) is 0 Å². The molecular formula is C28H39N3O3. The Kier molecular flexibility index (Phi) is 11.3. The van der Waals surface area contributed by atoms with Crippen LogP contribution in [0.2, 0.25) is 0 Å². The number of unbranched alkanes of at least 4 members (excludes halogenated alkanes) is 2. The molecule has 0 fully saturated rings. The summed E-state index contributed by atoms with van der Waals surface area (Å²) in [5, 5.41) is 2.85. The van der Waals surface area contributed by atoms with Gasteiger partial charge in [-0.25, -0.2) is 0 Å². The average Bonchev–Trinajstić information content (AvgIpc) is 2.82. The number of primary amides is 1. The van der Waals surface area contributed by atoms with Crippen molar-refractivity contribution in [1.82, 2.24) is 10.2 Å². The Labute approximate surface area is 203 Å². The molecule has 0 saturated carbocycles. The van der Waals surface area contributed by atoms with E-state index in [0.717, 1.165) is 30.4 Å². The van der Waals surface area contributed by atoms with Gasteiger partial charge in [0.25, 0.3) is 0 Å². The zero-order valence-electron chi connectivity index (χ0n) is 20.7. The minimum absolute atomic E-state index is 0.0446. The molecule has 2 aromatic rings. The minimum atomic E-state index is -0.849. The van der Waals surface area contributed by atoms with Crippen LogP contribution >= 0.6 is 0 Å². The van der Waals surface area contributed by atoms with Crippen molar-refractivity contribution in [3.05, 3.63) is 71.8 Å². The summed E-state index contributed by atoms with van der Waals surface area (Å²) >= 11 is 0. The number of amides is 3. The predicted molar refractivity (Wildman–Crippen MR) is 136 cm³/mol. The number of hydrogen-bond acceptors (Lipinski definition) is 3. The van der Waals surface area contributed by atoms with Crippen LogP contribution in [0, 0.1) is 5.92 Å². The molecule has 6 heteroatoms. The summed E-state index contributed by atoms with van der Waals surface area (Å²) in [6, 6.07) is 17.6. The highest BCUT2D eigenvalue weighted by atomic mass is 16.2. The molecule has 0 heterocycles. The SMILES string of the molecule is CCCCCC(=O)N(Cc1ccccc1)[C@@H](CC(C)C)C(=O)N[C@@H](Cc1ccccc1)C(N)=O. The van der Waals surface area contributed by atoms with Crippen LogP contribution in [0.5, 0.6) is 0 Å². The van der Waals surface area contributed by atoms with Crippen molar-refractivity contribution in [2.24, 2.45) is 11.7 Å². The maximum absolute atomic E-state index is 13.5. The molecule has 0 aliphatic rings. The summed E-state index contributed by atoms with van der Waals surface area (Å²) in [6.07, 6.45) is 3.96. The third-order valence-electron chi connectivity index (χ3n) is 5.83. The highest BCUT2D eigenvalue weighted by molar-refractivity contribution is 5.91. The molecular weight excluding hydrogens is 426 g/mol. The molecule has 0 radical (unpaired) electrons. The summed E-state index contributed by atoms with van der Waals surface area (Å²) in [4.78, 5) is 40.7. The van der Waals surface area contributed by atoms with Gasteiger partial charge in [-0.1, -0.05) is 94.3 Å². The molecule has 3 amide bonds. The second-order valence-corrected chi connectivity index (χ2v) is 9.26. The second kappa shape index (κ2) is 14.2. The summed E-state index contributed by atoms with van der Waals surface area (Å²) in [7, 11) is 0. The van der Waals surface area contributed by atoms with Gasteiger partial charge in [0, 0.05) is 19.4 Å². The van der Waals surface area contributed by atoms with E-state index in [-0.39, 0.29) is 17.7 Å². The summed E-state index contributed by atoms with van der Waals surface area (Å²) in [6.45, 7) is 6.49. The van der Waals surface area contributed by atoms with Crippen molar-refractivity contribution in [1.29, 1.82) is 0 Å². The first-order valence-electron chi connectivity index (χ1n) is 12.3. The number of carbonyl (C=O) groups is 3. The van der Waals surface area contributed by atoms with Gasteiger partial charge in [0.2, 0.25) is 17.7 Å². The van der Waals surface area contributed by atoms with Crippen LogP contribution in [0.15, 0.2) is 60.7 Å². The lowest BCUT2D eigenvalue weighted by molar-refractivity contribution is -0.142. The largest absolute Gasteiger partial charge is 0.368 e. The molecule has 3 N–H and O–H groups in total. The Morgan fingerprint density at radius 1 is 0.912 bits per heavy atom. The highest BCUT2D eigenvalue weighted by Gasteiger charge is 2.32. The number of nitrogens with one attached hydrogen (secondary N) is 1. The van der Waals surface area contributed by atoms with Gasteiger partial charge in [-0.05, 0) is 29.9 Å². The van der Waals surface area contributed by atoms with Gasteiger partial charge in [-0.3, -0.25) is 14.4 Å². The first kappa shape index (κ1) is 27.1. The van der Waals surface area contributed by atoms with Crippen LogP contribution in [-0.4, -0.2) is 34.7 Å². The Hall–Kier alpha value is -3.15. The lowest BCUT2D eigenvalue weighted by Gasteiger charge is -2.33. The van der Waals surface area contributed by atoms with E-state index >= 15 is 0 Å². The summed E-state index contributed by atoms with van der Waals surface area (Å²) in [5.41, 5.74) is 7.51. The monoisotopic (exact) mass is 465 g/mol. The summed E-state index contributed by atoms with van der Waals surface area (Å²) in [5.74, 6) is -0.798. The van der Waals surface area contributed by atoms with Crippen molar-refractivity contribution in [2.45, 2.75) is 77.9 Å². The van der Waals surface area contributed by atoms with Crippen molar-refractivity contribution in [2.75, 3.05) is 0 Å². The molecule has 0 aliphatic carbocycles. The lowest BCUT2D eigenvalue weighted by Crippen LogP contribution is -2.55. The molecule has 2 atom stereocenters. The van der Waals surface area contributed by atoms with Gasteiger partial charge in [0.1, 0.15) is 12.1 Å². The predicted octanol–water partition coefficient (Wildman–Crippen LogP) is 4.22. The first-order chi connectivity index (χ1) is 16.3. The van der Waals surface area contributed by atoms with Crippen LogP contribution in [-0.2, 0) is 27.3 Å². The summed E-state index contributed by atoms with van der Waals surface area (Å²) < 4.78 is 0. The lowest BCUT2D eigenvalue weighted by atomic mass is 9.98. The van der Waals surface area contributed by atoms with E-state index in [1.54, 1.807) is 4.90 Å². The molecule has 0 spiro atoms. The van der Waals surface area contributed by atoms with Crippen LogP contribution in [0.1, 0.15) is 64.0 Å². The fraction of sp³-hybridized carbons (Fsp3) is 0.464. The van der Waals surface area contributed by atoms with Gasteiger partial charge < -0.3 is 16.0 Å². The van der Waals surface area contributed by atoms with E-state index < -0.39 is 18.0 Å². The minimum Gasteiger partial charge on any atom is -0.368 e. The molecule has 0 unspecified atom stereocenters.